The second-order valence-electron chi connectivity index (χ2n) is 7.31. The maximum atomic E-state index is 12.8. The van der Waals surface area contributed by atoms with E-state index in [-0.39, 0.29) is 23.8 Å². The van der Waals surface area contributed by atoms with E-state index in [0.717, 1.165) is 24.8 Å². The Morgan fingerprint density at radius 1 is 1.28 bits per heavy atom. The van der Waals surface area contributed by atoms with E-state index >= 15 is 0 Å². The third-order valence-electron chi connectivity index (χ3n) is 5.58. The van der Waals surface area contributed by atoms with Gasteiger partial charge in [0.2, 0.25) is 5.91 Å². The van der Waals surface area contributed by atoms with Gasteiger partial charge in [0, 0.05) is 32.6 Å². The van der Waals surface area contributed by atoms with Crippen molar-refractivity contribution in [3.63, 3.8) is 0 Å². The van der Waals surface area contributed by atoms with E-state index in [1.165, 1.54) is 0 Å². The van der Waals surface area contributed by atoms with E-state index in [0.29, 0.717) is 43.2 Å². The van der Waals surface area contributed by atoms with Crippen molar-refractivity contribution in [2.45, 2.75) is 32.6 Å². The van der Waals surface area contributed by atoms with Crippen molar-refractivity contribution in [2.24, 2.45) is 5.41 Å². The summed E-state index contributed by atoms with van der Waals surface area (Å²) in [5.74, 6) is 0.118. The molecule has 0 saturated carbocycles. The molecule has 2 amide bonds. The van der Waals surface area contributed by atoms with Gasteiger partial charge < -0.3 is 14.9 Å². The van der Waals surface area contributed by atoms with Crippen molar-refractivity contribution in [2.75, 3.05) is 32.8 Å². The third kappa shape index (κ3) is 3.82. The average molecular weight is 365 g/mol. The van der Waals surface area contributed by atoms with Crippen molar-refractivity contribution in [1.29, 1.82) is 0 Å². The van der Waals surface area contributed by atoms with Crippen LogP contribution >= 0.6 is 11.6 Å². The fourth-order valence-electron chi connectivity index (χ4n) is 3.99. The molecular weight excluding hydrogens is 340 g/mol. The molecule has 2 fully saturated rings. The SMILES string of the molecule is Cc1ccc(Cl)c(C(=O)N2CCC3(CCC(=O)N(CCO)C3)CC2)c1. The molecule has 0 aromatic heterocycles. The monoisotopic (exact) mass is 364 g/mol. The van der Waals surface area contributed by atoms with E-state index in [2.05, 4.69) is 0 Å². The van der Waals surface area contributed by atoms with Crippen LogP contribution in [-0.4, -0.2) is 59.5 Å². The summed E-state index contributed by atoms with van der Waals surface area (Å²) in [5.41, 5.74) is 1.67. The van der Waals surface area contributed by atoms with Gasteiger partial charge in [0.05, 0.1) is 17.2 Å². The molecule has 3 rings (SSSR count). The minimum Gasteiger partial charge on any atom is -0.395 e. The molecule has 0 radical (unpaired) electrons. The summed E-state index contributed by atoms with van der Waals surface area (Å²) in [6, 6.07) is 5.52. The van der Waals surface area contributed by atoms with Gasteiger partial charge in [0.1, 0.15) is 0 Å². The van der Waals surface area contributed by atoms with Crippen LogP contribution in [0.2, 0.25) is 5.02 Å². The number of aliphatic hydroxyl groups excluding tert-OH is 1. The maximum Gasteiger partial charge on any atom is 0.255 e. The summed E-state index contributed by atoms with van der Waals surface area (Å²) in [7, 11) is 0. The normalized spacial score (nSPS) is 20.2. The lowest BCUT2D eigenvalue weighted by Crippen LogP contribution is -2.52. The Labute approximate surface area is 153 Å². The number of aryl methyl sites for hydroxylation is 1. The Kier molecular flexibility index (Phi) is 5.35. The number of carbonyl (C=O) groups is 2. The minimum absolute atomic E-state index is 0.00170. The number of carbonyl (C=O) groups excluding carboxylic acids is 2. The fourth-order valence-corrected chi connectivity index (χ4v) is 4.19. The molecule has 0 bridgehead atoms. The zero-order valence-corrected chi connectivity index (χ0v) is 15.4. The van der Waals surface area contributed by atoms with Gasteiger partial charge in [0.25, 0.3) is 5.91 Å². The first-order chi connectivity index (χ1) is 11.9. The number of β-amino-alcohol motifs (C(OH)–C–C–N with tert-alkyl or cyclic N) is 1. The van der Waals surface area contributed by atoms with E-state index in [1.54, 1.807) is 11.0 Å². The van der Waals surface area contributed by atoms with Crippen molar-refractivity contribution < 1.29 is 14.7 Å². The van der Waals surface area contributed by atoms with Crippen LogP contribution in [0.4, 0.5) is 0 Å². The highest BCUT2D eigenvalue weighted by atomic mass is 35.5. The first-order valence-electron chi connectivity index (χ1n) is 8.88. The highest BCUT2D eigenvalue weighted by Gasteiger charge is 2.41. The van der Waals surface area contributed by atoms with Gasteiger partial charge in [-0.15, -0.1) is 0 Å². The number of likely N-dealkylation sites (tertiary alicyclic amines) is 2. The number of rotatable bonds is 3. The molecule has 1 aromatic carbocycles. The summed E-state index contributed by atoms with van der Waals surface area (Å²) in [6.45, 7) is 4.42. The number of nitrogens with zero attached hydrogens (tertiary/aromatic N) is 2. The van der Waals surface area contributed by atoms with Crippen LogP contribution in [0.5, 0.6) is 0 Å². The van der Waals surface area contributed by atoms with Gasteiger partial charge in [-0.2, -0.15) is 0 Å². The number of hydrogen-bond donors (Lipinski definition) is 1. The number of hydrogen-bond acceptors (Lipinski definition) is 3. The molecule has 2 aliphatic heterocycles. The lowest BCUT2D eigenvalue weighted by atomic mass is 9.72. The minimum atomic E-state index is -0.0114. The zero-order valence-electron chi connectivity index (χ0n) is 14.6. The zero-order chi connectivity index (χ0) is 18.0. The Bertz CT molecular complexity index is 669. The van der Waals surface area contributed by atoms with E-state index in [9.17, 15) is 9.59 Å². The van der Waals surface area contributed by atoms with Crippen LogP contribution in [0.1, 0.15) is 41.6 Å². The smallest absolute Gasteiger partial charge is 0.255 e. The van der Waals surface area contributed by atoms with Gasteiger partial charge >= 0.3 is 0 Å². The van der Waals surface area contributed by atoms with Crippen molar-refractivity contribution in [1.82, 2.24) is 9.80 Å². The summed E-state index contributed by atoms with van der Waals surface area (Å²) >= 11 is 6.21. The average Bonchev–Trinajstić information content (AvgIpc) is 2.61. The lowest BCUT2D eigenvalue weighted by molar-refractivity contribution is -0.139. The Morgan fingerprint density at radius 3 is 2.68 bits per heavy atom. The molecule has 1 aromatic rings. The molecule has 0 unspecified atom stereocenters. The van der Waals surface area contributed by atoms with Crippen molar-refractivity contribution in [3.05, 3.63) is 34.3 Å². The third-order valence-corrected chi connectivity index (χ3v) is 5.91. The molecule has 25 heavy (non-hydrogen) atoms. The quantitative estimate of drug-likeness (QED) is 0.896. The number of aliphatic hydroxyl groups is 1. The Morgan fingerprint density at radius 2 is 2.00 bits per heavy atom. The standard InChI is InChI=1S/C19H25ClN2O3/c1-14-2-3-16(20)15(12-14)18(25)21-8-6-19(7-9-21)5-4-17(24)22(13-19)10-11-23/h2-3,12,23H,4-11,13H2,1H3. The molecule has 136 valence electrons. The molecule has 2 aliphatic rings. The predicted molar refractivity (Wildman–Crippen MR) is 96.7 cm³/mol. The van der Waals surface area contributed by atoms with Gasteiger partial charge in [0.15, 0.2) is 0 Å². The number of benzene rings is 1. The summed E-state index contributed by atoms with van der Waals surface area (Å²) < 4.78 is 0. The maximum absolute atomic E-state index is 12.8. The molecule has 5 nitrogen and oxygen atoms in total. The van der Waals surface area contributed by atoms with E-state index in [1.807, 2.05) is 24.0 Å². The van der Waals surface area contributed by atoms with E-state index < -0.39 is 0 Å². The highest BCUT2D eigenvalue weighted by molar-refractivity contribution is 6.33. The predicted octanol–water partition coefficient (Wildman–Crippen LogP) is 2.49. The van der Waals surface area contributed by atoms with Crippen LogP contribution in [0, 0.1) is 12.3 Å². The second-order valence-corrected chi connectivity index (χ2v) is 7.72. The van der Waals surface area contributed by atoms with Crippen LogP contribution in [-0.2, 0) is 4.79 Å². The largest absolute Gasteiger partial charge is 0.395 e. The molecule has 1 N–H and O–H groups in total. The highest BCUT2D eigenvalue weighted by Crippen LogP contribution is 2.40. The number of piperidine rings is 2. The second kappa shape index (κ2) is 7.34. The van der Waals surface area contributed by atoms with Crippen LogP contribution in [0.25, 0.3) is 0 Å². The van der Waals surface area contributed by atoms with E-state index in [4.69, 9.17) is 16.7 Å². The topological polar surface area (TPSA) is 60.9 Å². The van der Waals surface area contributed by atoms with Crippen LogP contribution < -0.4 is 0 Å². The number of halogens is 1. The summed E-state index contributed by atoms with van der Waals surface area (Å²) in [5, 5.41) is 9.65. The van der Waals surface area contributed by atoms with Crippen molar-refractivity contribution in [3.8, 4) is 0 Å². The number of amides is 2. The van der Waals surface area contributed by atoms with Gasteiger partial charge in [-0.3, -0.25) is 9.59 Å². The van der Waals surface area contributed by atoms with Crippen molar-refractivity contribution >= 4 is 23.4 Å². The van der Waals surface area contributed by atoms with Gasteiger partial charge in [-0.25, -0.2) is 0 Å². The fraction of sp³-hybridized carbons (Fsp3) is 0.579. The molecule has 0 aliphatic carbocycles. The molecule has 6 heteroatoms. The molecule has 2 heterocycles. The first kappa shape index (κ1) is 18.2. The lowest BCUT2D eigenvalue weighted by Gasteiger charge is -2.47. The van der Waals surface area contributed by atoms with Gasteiger partial charge in [-0.1, -0.05) is 23.2 Å². The van der Waals surface area contributed by atoms with Crippen LogP contribution in [0.3, 0.4) is 0 Å². The molecule has 2 saturated heterocycles. The Hall–Kier alpha value is -1.59. The first-order valence-corrected chi connectivity index (χ1v) is 9.26. The van der Waals surface area contributed by atoms with Gasteiger partial charge in [-0.05, 0) is 43.7 Å². The molecule has 1 spiro atoms. The summed E-state index contributed by atoms with van der Waals surface area (Å²) in [4.78, 5) is 28.4. The van der Waals surface area contributed by atoms with Crippen LogP contribution in [0.15, 0.2) is 18.2 Å². The molecular formula is C19H25ClN2O3. The molecule has 0 atom stereocenters. The Balaban J connectivity index is 1.66. The summed E-state index contributed by atoms with van der Waals surface area (Å²) in [6.07, 6.45) is 3.19.